The molecule has 100 valence electrons. The maximum atomic E-state index is 11.3. The lowest BCUT2D eigenvalue weighted by molar-refractivity contribution is 0.148. The van der Waals surface area contributed by atoms with E-state index in [0.29, 0.717) is 12.8 Å². The van der Waals surface area contributed by atoms with Crippen molar-refractivity contribution in [1.82, 2.24) is 0 Å². The number of aliphatic hydroxyl groups excluding tert-OH is 1. The van der Waals surface area contributed by atoms with Gasteiger partial charge in [-0.1, -0.05) is 12.1 Å². The molecule has 5 heteroatoms. The monoisotopic (exact) mass is 270 g/mol. The van der Waals surface area contributed by atoms with Crippen LogP contribution in [0.5, 0.6) is 5.75 Å². The molecule has 0 radical (unpaired) electrons. The predicted molar refractivity (Wildman–Crippen MR) is 69.3 cm³/mol. The van der Waals surface area contributed by atoms with E-state index in [1.807, 2.05) is 12.1 Å². The van der Waals surface area contributed by atoms with Crippen LogP contribution in [0.2, 0.25) is 0 Å². The first kappa shape index (κ1) is 13.4. The van der Waals surface area contributed by atoms with E-state index in [4.69, 9.17) is 4.74 Å². The molecule has 0 aliphatic carbocycles. The predicted octanol–water partition coefficient (Wildman–Crippen LogP) is 1.55. The molecule has 18 heavy (non-hydrogen) atoms. The normalized spacial score (nSPS) is 23.8. The summed E-state index contributed by atoms with van der Waals surface area (Å²) in [4.78, 5) is 0. The molecule has 1 N–H and O–H groups in total. The van der Waals surface area contributed by atoms with Crippen LogP contribution in [0, 0.1) is 5.92 Å². The molecule has 4 nitrogen and oxygen atoms in total. The topological polar surface area (TPSA) is 63.6 Å². The number of hydrogen-bond acceptors (Lipinski definition) is 4. The zero-order valence-electron chi connectivity index (χ0n) is 10.4. The molecule has 2 rings (SSSR count). The number of rotatable bonds is 4. The molecule has 1 aliphatic heterocycles. The largest absolute Gasteiger partial charge is 0.497 e. The molecule has 1 heterocycles. The fourth-order valence-electron chi connectivity index (χ4n) is 2.34. The summed E-state index contributed by atoms with van der Waals surface area (Å²) in [5, 5.41) is 10.1. The van der Waals surface area contributed by atoms with Crippen molar-refractivity contribution in [2.24, 2.45) is 5.92 Å². The van der Waals surface area contributed by atoms with E-state index in [2.05, 4.69) is 0 Å². The summed E-state index contributed by atoms with van der Waals surface area (Å²) in [6, 6.07) is 7.22. The van der Waals surface area contributed by atoms with Gasteiger partial charge in [0, 0.05) is 0 Å². The first-order valence-electron chi connectivity index (χ1n) is 6.02. The highest BCUT2D eigenvalue weighted by Crippen LogP contribution is 2.29. The molecule has 1 aromatic carbocycles. The highest BCUT2D eigenvalue weighted by atomic mass is 32.2. The van der Waals surface area contributed by atoms with Gasteiger partial charge in [0.25, 0.3) is 0 Å². The van der Waals surface area contributed by atoms with E-state index >= 15 is 0 Å². The SMILES string of the molecule is COc1ccc(C(O)CC2CCS(=O)(=O)C2)cc1. The molecule has 1 fully saturated rings. The van der Waals surface area contributed by atoms with Crippen LogP contribution < -0.4 is 4.74 Å². The van der Waals surface area contributed by atoms with Gasteiger partial charge in [-0.05, 0) is 36.5 Å². The Balaban J connectivity index is 1.97. The number of benzene rings is 1. The molecule has 0 saturated carbocycles. The summed E-state index contributed by atoms with van der Waals surface area (Å²) in [6.45, 7) is 0. The Morgan fingerprint density at radius 1 is 1.39 bits per heavy atom. The van der Waals surface area contributed by atoms with Crippen LogP contribution in [-0.2, 0) is 9.84 Å². The highest BCUT2D eigenvalue weighted by Gasteiger charge is 2.29. The molecule has 1 saturated heterocycles. The fraction of sp³-hybridized carbons (Fsp3) is 0.538. The van der Waals surface area contributed by atoms with Gasteiger partial charge in [-0.25, -0.2) is 8.42 Å². The number of methoxy groups -OCH3 is 1. The highest BCUT2D eigenvalue weighted by molar-refractivity contribution is 7.91. The lowest BCUT2D eigenvalue weighted by Gasteiger charge is -2.15. The van der Waals surface area contributed by atoms with Gasteiger partial charge in [0.1, 0.15) is 5.75 Å². The molecule has 1 aliphatic rings. The minimum Gasteiger partial charge on any atom is -0.497 e. The molecule has 2 atom stereocenters. The maximum absolute atomic E-state index is 11.3. The van der Waals surface area contributed by atoms with E-state index in [1.165, 1.54) is 0 Å². The van der Waals surface area contributed by atoms with E-state index in [-0.39, 0.29) is 17.4 Å². The average Bonchev–Trinajstić information content (AvgIpc) is 2.68. The molecular formula is C13H18O4S. The van der Waals surface area contributed by atoms with E-state index in [1.54, 1.807) is 19.2 Å². The van der Waals surface area contributed by atoms with Crippen LogP contribution >= 0.6 is 0 Å². The summed E-state index contributed by atoms with van der Waals surface area (Å²) < 4.78 is 27.7. The zero-order valence-corrected chi connectivity index (χ0v) is 11.2. The quantitative estimate of drug-likeness (QED) is 0.901. The fourth-order valence-corrected chi connectivity index (χ4v) is 4.22. The molecule has 2 unspecified atom stereocenters. The van der Waals surface area contributed by atoms with Gasteiger partial charge in [0.05, 0.1) is 24.7 Å². The third-order valence-corrected chi connectivity index (χ3v) is 5.22. The molecule has 0 amide bonds. The van der Waals surface area contributed by atoms with Crippen molar-refractivity contribution >= 4 is 9.84 Å². The maximum Gasteiger partial charge on any atom is 0.150 e. The van der Waals surface area contributed by atoms with E-state index in [0.717, 1.165) is 11.3 Å². The lowest BCUT2D eigenvalue weighted by atomic mass is 9.96. The second-order valence-electron chi connectivity index (χ2n) is 4.79. The van der Waals surface area contributed by atoms with Crippen molar-refractivity contribution in [1.29, 1.82) is 0 Å². The Hall–Kier alpha value is -1.07. The molecular weight excluding hydrogens is 252 g/mol. The summed E-state index contributed by atoms with van der Waals surface area (Å²) >= 11 is 0. The molecule has 0 bridgehead atoms. The van der Waals surface area contributed by atoms with Crippen LogP contribution in [0.25, 0.3) is 0 Å². The summed E-state index contributed by atoms with van der Waals surface area (Å²) in [5.74, 6) is 1.29. The van der Waals surface area contributed by atoms with Gasteiger partial charge in [0.2, 0.25) is 0 Å². The average molecular weight is 270 g/mol. The lowest BCUT2D eigenvalue weighted by Crippen LogP contribution is -2.09. The van der Waals surface area contributed by atoms with Gasteiger partial charge >= 0.3 is 0 Å². The van der Waals surface area contributed by atoms with E-state index in [9.17, 15) is 13.5 Å². The number of hydrogen-bond donors (Lipinski definition) is 1. The molecule has 0 aromatic heterocycles. The first-order valence-corrected chi connectivity index (χ1v) is 7.85. The molecule has 1 aromatic rings. The second-order valence-corrected chi connectivity index (χ2v) is 7.02. The van der Waals surface area contributed by atoms with Crippen molar-refractivity contribution in [3.05, 3.63) is 29.8 Å². The van der Waals surface area contributed by atoms with Gasteiger partial charge < -0.3 is 9.84 Å². The van der Waals surface area contributed by atoms with Crippen LogP contribution in [-0.4, -0.2) is 32.1 Å². The van der Waals surface area contributed by atoms with Crippen LogP contribution in [0.4, 0.5) is 0 Å². The second kappa shape index (κ2) is 5.28. The Labute approximate surface area is 108 Å². The van der Waals surface area contributed by atoms with E-state index < -0.39 is 15.9 Å². The van der Waals surface area contributed by atoms with Crippen molar-refractivity contribution in [2.45, 2.75) is 18.9 Å². The van der Waals surface area contributed by atoms with Crippen LogP contribution in [0.1, 0.15) is 24.5 Å². The Bertz CT molecular complexity index is 492. The number of ether oxygens (including phenoxy) is 1. The van der Waals surface area contributed by atoms with Gasteiger partial charge in [-0.3, -0.25) is 0 Å². The number of sulfone groups is 1. The van der Waals surface area contributed by atoms with Gasteiger partial charge in [-0.15, -0.1) is 0 Å². The first-order chi connectivity index (χ1) is 8.50. The van der Waals surface area contributed by atoms with Crippen molar-refractivity contribution in [3.8, 4) is 5.75 Å². The van der Waals surface area contributed by atoms with Crippen LogP contribution in [0.15, 0.2) is 24.3 Å². The Morgan fingerprint density at radius 2 is 2.06 bits per heavy atom. The summed E-state index contributed by atoms with van der Waals surface area (Å²) in [6.07, 6.45) is 0.565. The Kier molecular flexibility index (Phi) is 3.92. The van der Waals surface area contributed by atoms with Crippen molar-refractivity contribution in [2.75, 3.05) is 18.6 Å². The minimum absolute atomic E-state index is 0.0760. The summed E-state index contributed by atoms with van der Waals surface area (Å²) in [7, 11) is -1.27. The molecule has 0 spiro atoms. The zero-order chi connectivity index (χ0) is 13.2. The summed E-state index contributed by atoms with van der Waals surface area (Å²) in [5.41, 5.74) is 0.806. The number of aliphatic hydroxyl groups is 1. The Morgan fingerprint density at radius 3 is 2.56 bits per heavy atom. The smallest absolute Gasteiger partial charge is 0.150 e. The third kappa shape index (κ3) is 3.23. The van der Waals surface area contributed by atoms with Crippen molar-refractivity contribution < 1.29 is 18.3 Å². The van der Waals surface area contributed by atoms with Crippen LogP contribution in [0.3, 0.4) is 0 Å². The third-order valence-electron chi connectivity index (χ3n) is 3.38. The van der Waals surface area contributed by atoms with Gasteiger partial charge in [0.15, 0.2) is 9.84 Å². The van der Waals surface area contributed by atoms with Crippen molar-refractivity contribution in [3.63, 3.8) is 0 Å². The standard InChI is InChI=1S/C13H18O4S/c1-17-12-4-2-11(3-5-12)13(14)8-10-6-7-18(15,16)9-10/h2-5,10,13-14H,6-9H2,1H3. The van der Waals surface area contributed by atoms with Gasteiger partial charge in [-0.2, -0.15) is 0 Å². The minimum atomic E-state index is -2.87.